The van der Waals surface area contributed by atoms with Crippen molar-refractivity contribution in [3.8, 4) is 11.4 Å². The van der Waals surface area contributed by atoms with Crippen molar-refractivity contribution in [3.05, 3.63) is 36.2 Å². The molecule has 1 aromatic heterocycles. The Morgan fingerprint density at radius 1 is 1.29 bits per heavy atom. The van der Waals surface area contributed by atoms with E-state index >= 15 is 0 Å². The molecule has 1 fully saturated rings. The van der Waals surface area contributed by atoms with E-state index in [0.717, 1.165) is 29.5 Å². The Balaban J connectivity index is 1.66. The molecule has 0 radical (unpaired) electrons. The van der Waals surface area contributed by atoms with E-state index in [0.29, 0.717) is 12.6 Å². The number of aromatic nitrogens is 3. The van der Waals surface area contributed by atoms with Crippen LogP contribution in [0.15, 0.2) is 35.6 Å². The van der Waals surface area contributed by atoms with Crippen molar-refractivity contribution in [2.75, 3.05) is 6.54 Å². The first kappa shape index (κ1) is 16.5. The van der Waals surface area contributed by atoms with Gasteiger partial charge < -0.3 is 10.6 Å². The number of hydrogen-bond acceptors (Lipinski definition) is 3. The largest absolute Gasteiger partial charge is 0.357 e. The highest BCUT2D eigenvalue weighted by atomic mass is 15.2. The fourth-order valence-electron chi connectivity index (χ4n) is 3.09. The second-order valence-electron chi connectivity index (χ2n) is 6.21. The lowest BCUT2D eigenvalue weighted by atomic mass is 9.96. The number of H-pyrrole nitrogens is 1. The predicted octanol–water partition coefficient (Wildman–Crippen LogP) is 2.86. The first-order valence-corrected chi connectivity index (χ1v) is 8.84. The SMILES string of the molecule is CCNC(=NCc1cccc(-c2ncn[nH]2)c1)NC1CCCCC1. The van der Waals surface area contributed by atoms with E-state index in [1.54, 1.807) is 0 Å². The average molecular weight is 326 g/mol. The molecule has 2 aromatic rings. The topological polar surface area (TPSA) is 78.0 Å². The molecule has 0 bridgehead atoms. The van der Waals surface area contributed by atoms with Crippen LogP contribution in [0.5, 0.6) is 0 Å². The lowest BCUT2D eigenvalue weighted by molar-refractivity contribution is 0.410. The molecule has 6 heteroatoms. The number of hydrogen-bond donors (Lipinski definition) is 3. The molecule has 1 saturated carbocycles. The number of aromatic amines is 1. The van der Waals surface area contributed by atoms with Crippen molar-refractivity contribution >= 4 is 5.96 Å². The van der Waals surface area contributed by atoms with Crippen LogP contribution in [0.4, 0.5) is 0 Å². The Kier molecular flexibility index (Phi) is 5.82. The molecular weight excluding hydrogens is 300 g/mol. The van der Waals surface area contributed by atoms with Crippen LogP contribution in [0, 0.1) is 0 Å². The highest BCUT2D eigenvalue weighted by Gasteiger charge is 2.14. The van der Waals surface area contributed by atoms with Crippen LogP contribution in [0.3, 0.4) is 0 Å². The van der Waals surface area contributed by atoms with Crippen LogP contribution >= 0.6 is 0 Å². The number of aliphatic imine (C=N–C) groups is 1. The van der Waals surface area contributed by atoms with Gasteiger partial charge in [-0.1, -0.05) is 37.5 Å². The molecule has 0 aliphatic heterocycles. The minimum Gasteiger partial charge on any atom is -0.357 e. The smallest absolute Gasteiger partial charge is 0.191 e. The zero-order valence-electron chi connectivity index (χ0n) is 14.3. The predicted molar refractivity (Wildman–Crippen MR) is 96.6 cm³/mol. The Morgan fingerprint density at radius 3 is 2.92 bits per heavy atom. The number of benzene rings is 1. The maximum absolute atomic E-state index is 4.75. The lowest BCUT2D eigenvalue weighted by Gasteiger charge is -2.24. The zero-order chi connectivity index (χ0) is 16.6. The quantitative estimate of drug-likeness (QED) is 0.583. The molecule has 3 rings (SSSR count). The summed E-state index contributed by atoms with van der Waals surface area (Å²) < 4.78 is 0. The van der Waals surface area contributed by atoms with Crippen LogP contribution in [-0.4, -0.2) is 33.7 Å². The van der Waals surface area contributed by atoms with Gasteiger partial charge in [0.25, 0.3) is 0 Å². The Hall–Kier alpha value is -2.37. The molecule has 1 heterocycles. The molecule has 128 valence electrons. The van der Waals surface area contributed by atoms with E-state index in [1.165, 1.54) is 38.4 Å². The summed E-state index contributed by atoms with van der Waals surface area (Å²) in [7, 11) is 0. The third-order valence-electron chi connectivity index (χ3n) is 4.33. The van der Waals surface area contributed by atoms with Gasteiger partial charge in [0.15, 0.2) is 11.8 Å². The molecular formula is C18H26N6. The van der Waals surface area contributed by atoms with E-state index < -0.39 is 0 Å². The Morgan fingerprint density at radius 2 is 2.17 bits per heavy atom. The highest BCUT2D eigenvalue weighted by molar-refractivity contribution is 5.80. The van der Waals surface area contributed by atoms with Crippen molar-refractivity contribution in [3.63, 3.8) is 0 Å². The van der Waals surface area contributed by atoms with Gasteiger partial charge in [-0.15, -0.1) is 0 Å². The van der Waals surface area contributed by atoms with Gasteiger partial charge in [-0.3, -0.25) is 5.10 Å². The highest BCUT2D eigenvalue weighted by Crippen LogP contribution is 2.18. The Labute approximate surface area is 143 Å². The average Bonchev–Trinajstić information content (AvgIpc) is 3.16. The molecule has 1 aliphatic carbocycles. The summed E-state index contributed by atoms with van der Waals surface area (Å²) in [5, 5.41) is 13.7. The van der Waals surface area contributed by atoms with Gasteiger partial charge >= 0.3 is 0 Å². The summed E-state index contributed by atoms with van der Waals surface area (Å²) in [4.78, 5) is 8.95. The van der Waals surface area contributed by atoms with Gasteiger partial charge in [-0.2, -0.15) is 5.10 Å². The van der Waals surface area contributed by atoms with Gasteiger partial charge in [0.05, 0.1) is 6.54 Å². The molecule has 1 aromatic carbocycles. The number of rotatable bonds is 5. The van der Waals surface area contributed by atoms with E-state index in [-0.39, 0.29) is 0 Å². The van der Waals surface area contributed by atoms with Crippen molar-refractivity contribution in [2.45, 2.75) is 51.6 Å². The molecule has 0 spiro atoms. The first-order chi connectivity index (χ1) is 11.8. The minimum absolute atomic E-state index is 0.553. The maximum atomic E-state index is 4.75. The van der Waals surface area contributed by atoms with Crippen LogP contribution in [0.25, 0.3) is 11.4 Å². The van der Waals surface area contributed by atoms with Crippen molar-refractivity contribution in [1.82, 2.24) is 25.8 Å². The van der Waals surface area contributed by atoms with Crippen molar-refractivity contribution in [2.24, 2.45) is 4.99 Å². The van der Waals surface area contributed by atoms with E-state index in [4.69, 9.17) is 4.99 Å². The number of nitrogens with zero attached hydrogens (tertiary/aromatic N) is 3. The third kappa shape index (κ3) is 4.57. The van der Waals surface area contributed by atoms with E-state index in [1.807, 2.05) is 12.1 Å². The molecule has 3 N–H and O–H groups in total. The van der Waals surface area contributed by atoms with Crippen LogP contribution in [-0.2, 0) is 6.54 Å². The molecule has 0 atom stereocenters. The maximum Gasteiger partial charge on any atom is 0.191 e. The molecule has 24 heavy (non-hydrogen) atoms. The van der Waals surface area contributed by atoms with Crippen LogP contribution in [0.1, 0.15) is 44.6 Å². The van der Waals surface area contributed by atoms with Gasteiger partial charge in [0.1, 0.15) is 6.33 Å². The molecule has 6 nitrogen and oxygen atoms in total. The summed E-state index contributed by atoms with van der Waals surface area (Å²) >= 11 is 0. The summed E-state index contributed by atoms with van der Waals surface area (Å²) in [5.41, 5.74) is 2.19. The fraction of sp³-hybridized carbons (Fsp3) is 0.500. The summed E-state index contributed by atoms with van der Waals surface area (Å²) in [6.45, 7) is 3.61. The van der Waals surface area contributed by atoms with E-state index in [2.05, 4.69) is 44.9 Å². The number of guanidine groups is 1. The van der Waals surface area contributed by atoms with Crippen LogP contribution < -0.4 is 10.6 Å². The standard InChI is InChI=1S/C18H26N6/c1-2-19-18(23-16-9-4-3-5-10-16)20-12-14-7-6-8-15(11-14)17-21-13-22-24-17/h6-8,11,13,16H,2-5,9-10,12H2,1H3,(H2,19,20,23)(H,21,22,24). The van der Waals surface area contributed by atoms with Gasteiger partial charge in [0.2, 0.25) is 0 Å². The molecule has 0 amide bonds. The molecule has 0 unspecified atom stereocenters. The molecule has 0 saturated heterocycles. The van der Waals surface area contributed by atoms with Gasteiger partial charge in [-0.05, 0) is 31.4 Å². The summed E-state index contributed by atoms with van der Waals surface area (Å²) in [5.74, 6) is 1.70. The van der Waals surface area contributed by atoms with E-state index in [9.17, 15) is 0 Å². The number of nitrogens with one attached hydrogen (secondary N) is 3. The van der Waals surface area contributed by atoms with Gasteiger partial charge in [0, 0.05) is 18.2 Å². The van der Waals surface area contributed by atoms with Crippen LogP contribution in [0.2, 0.25) is 0 Å². The lowest BCUT2D eigenvalue weighted by Crippen LogP contribution is -2.44. The van der Waals surface area contributed by atoms with Crippen molar-refractivity contribution in [1.29, 1.82) is 0 Å². The Bertz CT molecular complexity index is 643. The summed E-state index contributed by atoms with van der Waals surface area (Å²) in [6, 6.07) is 8.81. The monoisotopic (exact) mass is 326 g/mol. The fourth-order valence-corrected chi connectivity index (χ4v) is 3.09. The molecule has 1 aliphatic rings. The van der Waals surface area contributed by atoms with Gasteiger partial charge in [-0.25, -0.2) is 9.98 Å². The third-order valence-corrected chi connectivity index (χ3v) is 4.33. The van der Waals surface area contributed by atoms with Crippen molar-refractivity contribution < 1.29 is 0 Å². The second kappa shape index (κ2) is 8.47. The minimum atomic E-state index is 0.553. The first-order valence-electron chi connectivity index (χ1n) is 8.84. The zero-order valence-corrected chi connectivity index (χ0v) is 14.3. The normalized spacial score (nSPS) is 16.1. The second-order valence-corrected chi connectivity index (χ2v) is 6.21. The summed E-state index contributed by atoms with van der Waals surface area (Å²) in [6.07, 6.45) is 8.00.